The number of benzene rings is 1. The highest BCUT2D eigenvalue weighted by Gasteiger charge is 2.26. The van der Waals surface area contributed by atoms with Gasteiger partial charge in [-0.2, -0.15) is 0 Å². The summed E-state index contributed by atoms with van der Waals surface area (Å²) in [7, 11) is 0. The van der Waals surface area contributed by atoms with Crippen LogP contribution in [0.3, 0.4) is 0 Å². The van der Waals surface area contributed by atoms with Gasteiger partial charge in [-0.1, -0.05) is 0 Å². The van der Waals surface area contributed by atoms with Crippen molar-refractivity contribution < 1.29 is 19.1 Å². The van der Waals surface area contributed by atoms with Crippen molar-refractivity contribution in [1.29, 1.82) is 0 Å². The van der Waals surface area contributed by atoms with Gasteiger partial charge in [-0.05, 0) is 52.9 Å². The van der Waals surface area contributed by atoms with Gasteiger partial charge in [0.2, 0.25) is 0 Å². The fraction of sp³-hybridized carbons (Fsp3) is 0.429. The molecule has 108 valence electrons. The third-order valence-electron chi connectivity index (χ3n) is 3.52. The van der Waals surface area contributed by atoms with E-state index in [0.29, 0.717) is 36.0 Å². The predicted molar refractivity (Wildman–Crippen MR) is 75.0 cm³/mol. The zero-order chi connectivity index (χ0) is 14.7. The van der Waals surface area contributed by atoms with Crippen molar-refractivity contribution >= 4 is 27.8 Å². The molecule has 1 aliphatic heterocycles. The van der Waals surface area contributed by atoms with Gasteiger partial charge >= 0.3 is 5.97 Å². The van der Waals surface area contributed by atoms with Gasteiger partial charge in [0.15, 0.2) is 0 Å². The van der Waals surface area contributed by atoms with E-state index in [1.807, 2.05) is 0 Å². The van der Waals surface area contributed by atoms with Crippen molar-refractivity contribution in [3.63, 3.8) is 0 Å². The highest BCUT2D eigenvalue weighted by molar-refractivity contribution is 9.10. The maximum atomic E-state index is 13.2. The van der Waals surface area contributed by atoms with Crippen molar-refractivity contribution in [3.8, 4) is 0 Å². The number of halogens is 2. The second kappa shape index (κ2) is 6.35. The number of carbonyl (C=O) groups excluding carboxylic acids is 1. The molecule has 0 aliphatic carbocycles. The molecule has 2 rings (SSSR count). The molecule has 1 aromatic rings. The Morgan fingerprint density at radius 3 is 2.60 bits per heavy atom. The molecule has 1 amide bonds. The maximum absolute atomic E-state index is 13.2. The summed E-state index contributed by atoms with van der Waals surface area (Å²) in [4.78, 5) is 24.6. The van der Waals surface area contributed by atoms with Gasteiger partial charge in [0.05, 0.1) is 5.56 Å². The van der Waals surface area contributed by atoms with Crippen LogP contribution in [0, 0.1) is 11.7 Å². The Morgan fingerprint density at radius 2 is 2.00 bits per heavy atom. The molecule has 0 spiro atoms. The van der Waals surface area contributed by atoms with Gasteiger partial charge in [-0.25, -0.2) is 4.39 Å². The van der Waals surface area contributed by atoms with Crippen LogP contribution < -0.4 is 0 Å². The SMILES string of the molecule is O=C(O)CC1CCN(C(=O)c2cc(F)ccc2Br)CC1. The van der Waals surface area contributed by atoms with E-state index in [-0.39, 0.29) is 18.2 Å². The molecule has 4 nitrogen and oxygen atoms in total. The molecule has 1 fully saturated rings. The van der Waals surface area contributed by atoms with Crippen molar-refractivity contribution in [2.45, 2.75) is 19.3 Å². The van der Waals surface area contributed by atoms with Gasteiger partial charge in [0.25, 0.3) is 5.91 Å². The third kappa shape index (κ3) is 3.56. The summed E-state index contributed by atoms with van der Waals surface area (Å²) in [5.41, 5.74) is 0.307. The Balaban J connectivity index is 2.01. The number of carbonyl (C=O) groups is 2. The van der Waals surface area contributed by atoms with Crippen LogP contribution >= 0.6 is 15.9 Å². The van der Waals surface area contributed by atoms with Gasteiger partial charge in [0, 0.05) is 24.0 Å². The minimum atomic E-state index is -0.803. The van der Waals surface area contributed by atoms with Crippen molar-refractivity contribution in [2.75, 3.05) is 13.1 Å². The molecule has 0 bridgehead atoms. The van der Waals surface area contributed by atoms with Crippen LogP contribution in [0.5, 0.6) is 0 Å². The van der Waals surface area contributed by atoms with E-state index >= 15 is 0 Å². The lowest BCUT2D eigenvalue weighted by Crippen LogP contribution is -2.39. The molecule has 0 unspecified atom stereocenters. The summed E-state index contributed by atoms with van der Waals surface area (Å²) >= 11 is 3.25. The lowest BCUT2D eigenvalue weighted by molar-refractivity contribution is -0.138. The first-order valence-electron chi connectivity index (χ1n) is 6.43. The summed E-state index contributed by atoms with van der Waals surface area (Å²) in [5.74, 6) is -1.35. The number of likely N-dealkylation sites (tertiary alicyclic amines) is 1. The molecule has 0 radical (unpaired) electrons. The van der Waals surface area contributed by atoms with E-state index in [2.05, 4.69) is 15.9 Å². The minimum Gasteiger partial charge on any atom is -0.481 e. The number of piperidine rings is 1. The first-order chi connectivity index (χ1) is 9.47. The molecule has 1 N–H and O–H groups in total. The Morgan fingerprint density at radius 1 is 1.35 bits per heavy atom. The molecule has 20 heavy (non-hydrogen) atoms. The van der Waals surface area contributed by atoms with Gasteiger partial charge in [-0.3, -0.25) is 9.59 Å². The molecule has 0 atom stereocenters. The van der Waals surface area contributed by atoms with Gasteiger partial charge < -0.3 is 10.0 Å². The fourth-order valence-corrected chi connectivity index (χ4v) is 2.84. The first-order valence-corrected chi connectivity index (χ1v) is 7.23. The molecule has 1 heterocycles. The van der Waals surface area contributed by atoms with E-state index in [9.17, 15) is 14.0 Å². The highest BCUT2D eigenvalue weighted by atomic mass is 79.9. The molecule has 1 aromatic carbocycles. The van der Waals surface area contributed by atoms with E-state index < -0.39 is 11.8 Å². The Kier molecular flexibility index (Phi) is 4.75. The second-order valence-corrected chi connectivity index (χ2v) is 5.81. The van der Waals surface area contributed by atoms with Crippen LogP contribution in [0.2, 0.25) is 0 Å². The summed E-state index contributed by atoms with van der Waals surface area (Å²) in [6, 6.07) is 4.02. The van der Waals surface area contributed by atoms with Crippen LogP contribution in [0.1, 0.15) is 29.6 Å². The van der Waals surface area contributed by atoms with Crippen LogP contribution in [0.15, 0.2) is 22.7 Å². The van der Waals surface area contributed by atoms with Crippen LogP contribution in [0.4, 0.5) is 4.39 Å². The van der Waals surface area contributed by atoms with E-state index in [1.165, 1.54) is 18.2 Å². The summed E-state index contributed by atoms with van der Waals surface area (Å²) in [6.45, 7) is 1.03. The summed E-state index contributed by atoms with van der Waals surface area (Å²) in [6.07, 6.45) is 1.49. The topological polar surface area (TPSA) is 57.6 Å². The van der Waals surface area contributed by atoms with Gasteiger partial charge in [0.1, 0.15) is 5.82 Å². The molecule has 6 heteroatoms. The van der Waals surface area contributed by atoms with Crippen molar-refractivity contribution in [1.82, 2.24) is 4.90 Å². The first kappa shape index (κ1) is 15.0. The molecular formula is C14H15BrFNO3. The smallest absolute Gasteiger partial charge is 0.303 e. The lowest BCUT2D eigenvalue weighted by atomic mass is 9.93. The largest absolute Gasteiger partial charge is 0.481 e. The number of aliphatic carboxylic acids is 1. The van der Waals surface area contributed by atoms with E-state index in [4.69, 9.17) is 5.11 Å². The van der Waals surface area contributed by atoms with E-state index in [1.54, 1.807) is 4.90 Å². The quantitative estimate of drug-likeness (QED) is 0.917. The fourth-order valence-electron chi connectivity index (χ4n) is 2.42. The zero-order valence-corrected chi connectivity index (χ0v) is 12.4. The predicted octanol–water partition coefficient (Wildman–Crippen LogP) is 2.92. The highest BCUT2D eigenvalue weighted by Crippen LogP contribution is 2.24. The number of amides is 1. The zero-order valence-electron chi connectivity index (χ0n) is 10.8. The number of rotatable bonds is 3. The second-order valence-electron chi connectivity index (χ2n) is 4.96. The average Bonchev–Trinajstić information content (AvgIpc) is 2.41. The number of nitrogens with zero attached hydrogens (tertiary/aromatic N) is 1. The van der Waals surface area contributed by atoms with Crippen LogP contribution in [0.25, 0.3) is 0 Å². The molecule has 0 saturated carbocycles. The Labute approximate surface area is 124 Å². The van der Waals surface area contributed by atoms with Crippen molar-refractivity contribution in [2.24, 2.45) is 5.92 Å². The minimum absolute atomic E-state index is 0.118. The number of hydrogen-bond donors (Lipinski definition) is 1. The standard InChI is InChI=1S/C14H15BrFNO3/c15-12-2-1-10(16)8-11(12)14(20)17-5-3-9(4-6-17)7-13(18)19/h1-2,8-9H,3-7H2,(H,18,19). The van der Waals surface area contributed by atoms with Crippen LogP contribution in [-0.2, 0) is 4.79 Å². The number of carboxylic acids is 1. The summed E-state index contributed by atoms with van der Waals surface area (Å²) < 4.78 is 13.8. The summed E-state index contributed by atoms with van der Waals surface area (Å²) in [5, 5.41) is 8.76. The van der Waals surface area contributed by atoms with Crippen molar-refractivity contribution in [3.05, 3.63) is 34.1 Å². The van der Waals surface area contributed by atoms with Crippen LogP contribution in [-0.4, -0.2) is 35.0 Å². The lowest BCUT2D eigenvalue weighted by Gasteiger charge is -2.31. The maximum Gasteiger partial charge on any atom is 0.303 e. The molecular weight excluding hydrogens is 329 g/mol. The molecule has 1 aliphatic rings. The Bertz CT molecular complexity index is 527. The third-order valence-corrected chi connectivity index (χ3v) is 4.22. The molecule has 1 saturated heterocycles. The Hall–Kier alpha value is -1.43. The number of carboxylic acid groups (broad SMARTS) is 1. The normalized spacial score (nSPS) is 16.2. The van der Waals surface area contributed by atoms with Gasteiger partial charge in [-0.15, -0.1) is 0 Å². The van der Waals surface area contributed by atoms with E-state index in [0.717, 1.165) is 0 Å². The molecule has 0 aromatic heterocycles. The number of hydrogen-bond acceptors (Lipinski definition) is 2. The monoisotopic (exact) mass is 343 g/mol. The average molecular weight is 344 g/mol.